The molecule has 12 atom stereocenters. The van der Waals surface area contributed by atoms with Crippen LogP contribution in [0.25, 0.3) is 22.2 Å². The van der Waals surface area contributed by atoms with Gasteiger partial charge in [-0.15, -0.1) is 0 Å². The number of nitrogen functional groups attached to an aromatic ring is 2. The van der Waals surface area contributed by atoms with Crippen molar-refractivity contribution in [3.63, 3.8) is 0 Å². The van der Waals surface area contributed by atoms with Gasteiger partial charge in [-0.2, -0.15) is 9.97 Å². The zero-order chi connectivity index (χ0) is 92.9. The van der Waals surface area contributed by atoms with Gasteiger partial charge in [0.1, 0.15) is 69.1 Å². The van der Waals surface area contributed by atoms with Crippen LogP contribution in [0.15, 0.2) is 276 Å². The van der Waals surface area contributed by atoms with Crippen molar-refractivity contribution in [2.24, 2.45) is 0 Å². The van der Waals surface area contributed by atoms with Gasteiger partial charge < -0.3 is 90.4 Å². The molecule has 0 spiro atoms. The summed E-state index contributed by atoms with van der Waals surface area (Å²) < 4.78 is 155. The van der Waals surface area contributed by atoms with Crippen molar-refractivity contribution < 1.29 is 92.8 Å². The lowest BCUT2D eigenvalue weighted by molar-refractivity contribution is -0.0720. The number of halogens is 8. The SMILES string of the molecule is Nc1nc2ccc(CNC3COC(C(c4ccc(F)cc4)c4ccc(F)cc4)CC3O)cc2o1.Nc1nc2ccc(CNC3COC(C(c4ccc(F)cc4)c4ccc(F)cc4)CC3O)cc2o1.OC1CC(C(c2ccc(F)cc2)c2ccc(F)cc2)OCC1NCc1ccc2c(c1)CCO2.OC1CC(C(c2ccc(F)cc2)c2ccc(F)cc2)OCC1NCc1ccc2c(c1)OCC2. The van der Waals surface area contributed by atoms with Gasteiger partial charge >= 0.3 is 0 Å². The van der Waals surface area contributed by atoms with Gasteiger partial charge in [-0.05, 0) is 211 Å². The number of hydrogen-bond donors (Lipinski definition) is 10. The summed E-state index contributed by atoms with van der Waals surface area (Å²) in [6.07, 6.45) is -0.440. The van der Waals surface area contributed by atoms with E-state index in [-0.39, 0.29) is 131 Å². The lowest BCUT2D eigenvalue weighted by atomic mass is 9.82. The van der Waals surface area contributed by atoms with Crippen molar-refractivity contribution in [3.05, 3.63) is 391 Å². The molecule has 20 nitrogen and oxygen atoms in total. The molecule has 0 aliphatic carbocycles. The lowest BCUT2D eigenvalue weighted by Crippen LogP contribution is -2.50. The van der Waals surface area contributed by atoms with Crippen LogP contribution in [0.2, 0.25) is 0 Å². The Morgan fingerprint density at radius 3 is 0.821 bits per heavy atom. The molecule has 20 rings (SSSR count). The fourth-order valence-electron chi connectivity index (χ4n) is 18.7. The number of aromatic nitrogens is 2. The summed E-state index contributed by atoms with van der Waals surface area (Å²) in [6.45, 7) is 4.97. The molecule has 4 fully saturated rings. The third kappa shape index (κ3) is 23.6. The zero-order valence-corrected chi connectivity index (χ0v) is 73.1. The van der Waals surface area contributed by atoms with Crippen molar-refractivity contribution in [1.82, 2.24) is 31.2 Å². The number of ether oxygens (including phenoxy) is 6. The number of hydrogen-bond acceptors (Lipinski definition) is 20. The molecule has 134 heavy (non-hydrogen) atoms. The Bertz CT molecular complexity index is 5640. The van der Waals surface area contributed by atoms with Gasteiger partial charge in [0.15, 0.2) is 11.2 Å². The smallest absolute Gasteiger partial charge is 0.292 e. The second-order valence-electron chi connectivity index (χ2n) is 34.8. The molecule has 2 aromatic heterocycles. The Hall–Kier alpha value is -12.3. The first kappa shape index (κ1) is 93.5. The molecule has 0 bridgehead atoms. The predicted molar refractivity (Wildman–Crippen MR) is 491 cm³/mol. The maximum absolute atomic E-state index is 13.5. The van der Waals surface area contributed by atoms with Crippen LogP contribution < -0.4 is 42.2 Å². The van der Waals surface area contributed by atoms with Gasteiger partial charge in [-0.25, -0.2) is 35.1 Å². The van der Waals surface area contributed by atoms with E-state index in [2.05, 4.69) is 49.4 Å². The highest BCUT2D eigenvalue weighted by molar-refractivity contribution is 5.75. The number of aliphatic hydroxyl groups is 4. The molecule has 0 radical (unpaired) electrons. The molecular formula is C106H104F8N8O12. The highest BCUT2D eigenvalue weighted by Gasteiger charge is 2.41. The molecule has 12 aromatic carbocycles. The van der Waals surface area contributed by atoms with E-state index in [1.165, 1.54) is 108 Å². The Morgan fingerprint density at radius 1 is 0.291 bits per heavy atom. The minimum Gasteiger partial charge on any atom is -0.493 e. The Kier molecular flexibility index (Phi) is 30.3. The second kappa shape index (κ2) is 43.4. The van der Waals surface area contributed by atoms with Crippen molar-refractivity contribution >= 4 is 34.2 Å². The van der Waals surface area contributed by atoms with Crippen LogP contribution >= 0.6 is 0 Å². The van der Waals surface area contributed by atoms with Crippen LogP contribution in [0.5, 0.6) is 11.5 Å². The Morgan fingerprint density at radius 2 is 0.537 bits per heavy atom. The number of nitrogens with one attached hydrogen (secondary N) is 4. The molecular weight excluding hydrogens is 1730 g/mol. The van der Waals surface area contributed by atoms with E-state index in [0.29, 0.717) is 100 Å². The molecule has 12 unspecified atom stereocenters. The normalized spacial score (nSPS) is 21.5. The molecule has 12 N–H and O–H groups in total. The summed E-state index contributed by atoms with van der Waals surface area (Å²) in [5.74, 6) is -1.71. The molecule has 14 aromatic rings. The maximum Gasteiger partial charge on any atom is 0.292 e. The van der Waals surface area contributed by atoms with E-state index in [9.17, 15) is 55.5 Å². The number of rotatable bonds is 24. The van der Waals surface area contributed by atoms with Crippen molar-refractivity contribution in [1.29, 1.82) is 0 Å². The number of nitrogens with zero attached hydrogens (tertiary/aromatic N) is 2. The number of oxazole rings is 2. The van der Waals surface area contributed by atoms with E-state index < -0.39 is 24.4 Å². The Labute approximate surface area is 769 Å². The summed E-state index contributed by atoms with van der Waals surface area (Å²) in [7, 11) is 0. The molecule has 28 heteroatoms. The number of anilines is 2. The van der Waals surface area contributed by atoms with Crippen LogP contribution in [0, 0.1) is 46.5 Å². The van der Waals surface area contributed by atoms with Crippen LogP contribution in [-0.4, -0.2) is 143 Å². The standard InChI is InChI=1S/2C27H27F2NO3.2C26H25F2N3O3/c28-21-6-2-18(3-7-21)27(19-4-8-22(29)9-5-19)26-14-24(31)23(16-33-26)30-15-17-1-10-25-20(13-17)11-12-32-25;28-21-7-3-19(4-8-21)27(20-5-9-22(29)10-6-20)26-14-24(31)23(16-33-26)30-15-17-1-2-18-11-12-32-25(18)13-17;2*27-18-6-2-16(3-7-18)25(17-4-8-19(28)9-5-17)24-12-22(32)21(14-33-24)30-13-15-1-10-20-23(11-15)34-26(29)31-20/h2*1-10,13,23-24,26-27,30-31H,11-12,14-16H2;2*1-11,21-22,24-25,30,32H,12-14H2,(H2,29,31). The summed E-state index contributed by atoms with van der Waals surface area (Å²) >= 11 is 0. The minimum absolute atomic E-state index is 0.124. The fraction of sp³-hybridized carbons (Fsp3) is 0.302. The monoisotopic (exact) mass is 1830 g/mol. The second-order valence-corrected chi connectivity index (χ2v) is 34.8. The highest BCUT2D eigenvalue weighted by Crippen LogP contribution is 2.42. The number of fused-ring (bicyclic) bond motifs is 4. The van der Waals surface area contributed by atoms with Gasteiger partial charge in [0.2, 0.25) is 0 Å². The molecule has 696 valence electrons. The third-order valence-electron chi connectivity index (χ3n) is 25.8. The fourth-order valence-corrected chi connectivity index (χ4v) is 18.7. The highest BCUT2D eigenvalue weighted by atomic mass is 19.2. The summed E-state index contributed by atoms with van der Waals surface area (Å²) in [6, 6.07) is 72.9. The quantitative estimate of drug-likeness (QED) is 0.0252. The summed E-state index contributed by atoms with van der Waals surface area (Å²) in [4.78, 5) is 8.18. The number of benzene rings is 12. The van der Waals surface area contributed by atoms with Gasteiger partial charge in [0.05, 0.1) is 113 Å². The average molecular weight is 1830 g/mol. The van der Waals surface area contributed by atoms with E-state index >= 15 is 0 Å². The van der Waals surface area contributed by atoms with E-state index in [4.69, 9.17) is 48.7 Å². The molecule has 6 aliphatic heterocycles. The van der Waals surface area contributed by atoms with Crippen LogP contribution in [0.3, 0.4) is 0 Å². The summed E-state index contributed by atoms with van der Waals surface area (Å²) in [5, 5.41) is 57.2. The number of nitrogens with two attached hydrogens (primary N) is 2. The van der Waals surface area contributed by atoms with Gasteiger partial charge in [-0.1, -0.05) is 133 Å². The van der Waals surface area contributed by atoms with E-state index in [1.807, 2.05) is 54.6 Å². The maximum atomic E-state index is 13.5. The average Bonchev–Trinajstić information content (AvgIpc) is 1.19. The van der Waals surface area contributed by atoms with Gasteiger partial charge in [0, 0.05) is 88.4 Å². The van der Waals surface area contributed by atoms with Crippen molar-refractivity contribution in [2.75, 3.05) is 51.1 Å². The summed E-state index contributed by atoms with van der Waals surface area (Å²) in [5.41, 5.74) is 27.3. The van der Waals surface area contributed by atoms with Gasteiger partial charge in [0.25, 0.3) is 12.0 Å². The van der Waals surface area contributed by atoms with Crippen LogP contribution in [0.1, 0.15) is 127 Å². The van der Waals surface area contributed by atoms with Crippen LogP contribution in [0.4, 0.5) is 47.2 Å². The topological polar surface area (TPSA) is 289 Å². The van der Waals surface area contributed by atoms with E-state index in [1.54, 1.807) is 97.1 Å². The molecule has 4 saturated heterocycles. The number of aliphatic hydroxyl groups excluding tert-OH is 4. The first-order chi connectivity index (χ1) is 65.0. The van der Waals surface area contributed by atoms with Crippen molar-refractivity contribution in [3.8, 4) is 11.5 Å². The first-order valence-corrected chi connectivity index (χ1v) is 45.0. The predicted octanol–water partition coefficient (Wildman–Crippen LogP) is 16.9. The molecule has 0 amide bonds. The Balaban J connectivity index is 0.000000124. The molecule has 0 saturated carbocycles. The first-order valence-electron chi connectivity index (χ1n) is 45.0. The minimum atomic E-state index is -0.660. The molecule has 6 aliphatic rings. The largest absolute Gasteiger partial charge is 0.493 e. The van der Waals surface area contributed by atoms with E-state index in [0.717, 1.165) is 104 Å². The zero-order valence-electron chi connectivity index (χ0n) is 73.1. The lowest BCUT2D eigenvalue weighted by Gasteiger charge is -2.38. The van der Waals surface area contributed by atoms with Crippen LogP contribution in [-0.2, 0) is 58.0 Å². The molecule has 8 heterocycles. The third-order valence-corrected chi connectivity index (χ3v) is 25.8. The van der Waals surface area contributed by atoms with Gasteiger partial charge in [-0.3, -0.25) is 0 Å². The van der Waals surface area contributed by atoms with Crippen molar-refractivity contribution in [2.45, 2.75) is 161 Å².